The van der Waals surface area contributed by atoms with Gasteiger partial charge in [0.05, 0.1) is 12.6 Å². The molecule has 0 aliphatic rings. The van der Waals surface area contributed by atoms with Gasteiger partial charge in [-0.2, -0.15) is 0 Å². The van der Waals surface area contributed by atoms with Gasteiger partial charge in [0.2, 0.25) is 5.91 Å². The average molecular weight is 671 g/mol. The topological polar surface area (TPSA) is 105 Å². The van der Waals surface area contributed by atoms with Crippen molar-refractivity contribution in [2.45, 2.75) is 116 Å². The van der Waals surface area contributed by atoms with Crippen LogP contribution in [0.4, 0.5) is 0 Å². The lowest BCUT2D eigenvalue weighted by Crippen LogP contribution is -2.39. The number of hydrogen-bond acceptors (Lipinski definition) is 4. The number of rotatable bonds is 24. The van der Waals surface area contributed by atoms with Gasteiger partial charge in [-0.15, -0.1) is 0 Å². The summed E-state index contributed by atoms with van der Waals surface area (Å²) >= 11 is 12.4. The van der Waals surface area contributed by atoms with Gasteiger partial charge < -0.3 is 19.8 Å². The largest absolute Gasteiger partial charge is 0.489 e. The molecule has 0 saturated carbocycles. The van der Waals surface area contributed by atoms with Crippen molar-refractivity contribution >= 4 is 36.9 Å². The fourth-order valence-electron chi connectivity index (χ4n) is 4.83. The Bertz CT molecular complexity index is 1130. The SMILES string of the molecule is CCCCCCCC/C=C\CCCCCCCC(=O)NC(COP(=O)(O)O)Cc1ccc(OCc2c(Cl)cccc2Cl)cc1. The Morgan fingerprint density at radius 2 is 1.43 bits per heavy atom. The maximum absolute atomic E-state index is 12.6. The Hall–Kier alpha value is -1.86. The molecule has 2 aromatic carbocycles. The predicted octanol–water partition coefficient (Wildman–Crippen LogP) is 9.75. The van der Waals surface area contributed by atoms with Crippen LogP contribution in [0.3, 0.4) is 0 Å². The molecule has 0 bridgehead atoms. The summed E-state index contributed by atoms with van der Waals surface area (Å²) < 4.78 is 21.9. The summed E-state index contributed by atoms with van der Waals surface area (Å²) in [5, 5.41) is 3.94. The van der Waals surface area contributed by atoms with Gasteiger partial charge in [-0.25, -0.2) is 4.57 Å². The zero-order valence-electron chi connectivity index (χ0n) is 26.0. The number of amides is 1. The molecule has 0 spiro atoms. The number of halogens is 2. The second kappa shape index (κ2) is 22.6. The quantitative estimate of drug-likeness (QED) is 0.0584. The second-order valence-electron chi connectivity index (χ2n) is 11.2. The lowest BCUT2D eigenvalue weighted by Gasteiger charge is -2.19. The summed E-state index contributed by atoms with van der Waals surface area (Å²) in [6.07, 6.45) is 20.7. The summed E-state index contributed by atoms with van der Waals surface area (Å²) in [4.78, 5) is 31.0. The van der Waals surface area contributed by atoms with Crippen LogP contribution in [0, 0.1) is 0 Å². The molecule has 1 unspecified atom stereocenters. The monoisotopic (exact) mass is 669 g/mol. The number of benzene rings is 2. The summed E-state index contributed by atoms with van der Waals surface area (Å²) in [7, 11) is -4.67. The number of phosphoric acid groups is 1. The van der Waals surface area contributed by atoms with E-state index in [4.69, 9.17) is 32.5 Å². The van der Waals surface area contributed by atoms with E-state index in [1.807, 2.05) is 12.1 Å². The van der Waals surface area contributed by atoms with Crippen molar-refractivity contribution in [2.75, 3.05) is 6.61 Å². The zero-order chi connectivity index (χ0) is 32.0. The zero-order valence-corrected chi connectivity index (χ0v) is 28.4. The molecule has 10 heteroatoms. The Morgan fingerprint density at radius 3 is 2.02 bits per heavy atom. The summed E-state index contributed by atoms with van der Waals surface area (Å²) in [6.45, 7) is 2.16. The molecule has 1 atom stereocenters. The Kier molecular flexibility index (Phi) is 19.7. The first-order valence-electron chi connectivity index (χ1n) is 16.0. The second-order valence-corrected chi connectivity index (χ2v) is 13.3. The lowest BCUT2D eigenvalue weighted by atomic mass is 10.1. The predicted molar refractivity (Wildman–Crippen MR) is 180 cm³/mol. The Morgan fingerprint density at radius 1 is 0.864 bits per heavy atom. The molecule has 1 amide bonds. The highest BCUT2D eigenvalue weighted by molar-refractivity contribution is 7.46. The van der Waals surface area contributed by atoms with Gasteiger partial charge >= 0.3 is 7.82 Å². The fourth-order valence-corrected chi connectivity index (χ4v) is 5.71. The molecule has 2 rings (SSSR count). The molecular formula is C34H50Cl2NO6P. The van der Waals surface area contributed by atoms with Crippen LogP contribution in [0.5, 0.6) is 5.75 Å². The van der Waals surface area contributed by atoms with Crippen LogP contribution in [-0.2, 0) is 26.9 Å². The number of ether oxygens (including phenoxy) is 1. The van der Waals surface area contributed by atoms with E-state index in [2.05, 4.69) is 24.4 Å². The highest BCUT2D eigenvalue weighted by Crippen LogP contribution is 2.36. The van der Waals surface area contributed by atoms with Gasteiger partial charge in [-0.3, -0.25) is 9.32 Å². The van der Waals surface area contributed by atoms with E-state index >= 15 is 0 Å². The Labute approximate surface area is 274 Å². The third kappa shape index (κ3) is 18.2. The summed E-state index contributed by atoms with van der Waals surface area (Å²) in [6, 6.07) is 11.9. The van der Waals surface area contributed by atoms with E-state index in [1.54, 1.807) is 30.3 Å². The van der Waals surface area contributed by atoms with E-state index in [-0.39, 0.29) is 19.1 Å². The van der Waals surface area contributed by atoms with Crippen LogP contribution in [0.15, 0.2) is 54.6 Å². The minimum absolute atomic E-state index is 0.154. The van der Waals surface area contributed by atoms with Crippen LogP contribution in [0.2, 0.25) is 10.0 Å². The number of phosphoric ester groups is 1. The lowest BCUT2D eigenvalue weighted by molar-refractivity contribution is -0.122. The highest BCUT2D eigenvalue weighted by atomic mass is 35.5. The van der Waals surface area contributed by atoms with Gasteiger partial charge in [0.25, 0.3) is 0 Å². The van der Waals surface area contributed by atoms with Crippen molar-refractivity contribution in [3.63, 3.8) is 0 Å². The van der Waals surface area contributed by atoms with Gasteiger partial charge in [0, 0.05) is 22.0 Å². The van der Waals surface area contributed by atoms with Gasteiger partial charge in [-0.1, -0.05) is 112 Å². The van der Waals surface area contributed by atoms with Crippen molar-refractivity contribution in [3.05, 3.63) is 75.8 Å². The molecule has 0 aliphatic carbocycles. The van der Waals surface area contributed by atoms with E-state index in [0.717, 1.165) is 37.7 Å². The minimum Gasteiger partial charge on any atom is -0.489 e. The molecule has 44 heavy (non-hydrogen) atoms. The molecule has 3 N–H and O–H groups in total. The number of hydrogen-bond donors (Lipinski definition) is 3. The van der Waals surface area contributed by atoms with Crippen LogP contribution >= 0.6 is 31.0 Å². The molecule has 2 aromatic rings. The standard InChI is InChI=1S/C34H50Cl2NO6P/c1-2-3-4-5-6-7-8-9-10-11-12-13-14-15-16-20-34(38)37-29(26-43-44(39,40)41)25-28-21-23-30(24-22-28)42-27-31-32(35)18-17-19-33(31)36/h9-10,17-19,21-24,29H,2-8,11-16,20,25-27H2,1H3,(H,37,38)(H2,39,40,41)/b10-9-. The smallest absolute Gasteiger partial charge is 0.469 e. The number of carbonyl (C=O) groups excluding carboxylic acids is 1. The molecule has 0 aromatic heterocycles. The first kappa shape index (κ1) is 38.3. The summed E-state index contributed by atoms with van der Waals surface area (Å²) in [5.74, 6) is 0.458. The van der Waals surface area contributed by atoms with Gasteiger partial charge in [-0.05, 0) is 68.4 Å². The van der Waals surface area contributed by atoms with Gasteiger partial charge in [0.1, 0.15) is 12.4 Å². The van der Waals surface area contributed by atoms with Crippen molar-refractivity contribution in [1.29, 1.82) is 0 Å². The molecular weight excluding hydrogens is 620 g/mol. The van der Waals surface area contributed by atoms with Crippen molar-refractivity contribution in [3.8, 4) is 5.75 Å². The van der Waals surface area contributed by atoms with Gasteiger partial charge in [0.15, 0.2) is 0 Å². The molecule has 0 fully saturated rings. The number of nitrogens with one attached hydrogen (secondary N) is 1. The molecule has 246 valence electrons. The van der Waals surface area contributed by atoms with Crippen molar-refractivity contribution in [2.24, 2.45) is 0 Å². The molecule has 0 radical (unpaired) electrons. The number of carbonyl (C=O) groups is 1. The summed E-state index contributed by atoms with van der Waals surface area (Å²) in [5.41, 5.74) is 1.55. The van der Waals surface area contributed by atoms with Crippen LogP contribution < -0.4 is 10.1 Å². The third-order valence-corrected chi connectivity index (χ3v) is 8.52. The van der Waals surface area contributed by atoms with Crippen molar-refractivity contribution in [1.82, 2.24) is 5.32 Å². The first-order valence-corrected chi connectivity index (χ1v) is 18.3. The van der Waals surface area contributed by atoms with E-state index in [9.17, 15) is 19.1 Å². The molecule has 0 aliphatic heterocycles. The molecule has 0 heterocycles. The number of allylic oxidation sites excluding steroid dienone is 2. The van der Waals surface area contributed by atoms with Crippen LogP contribution in [-0.4, -0.2) is 28.3 Å². The number of unbranched alkanes of at least 4 members (excludes halogenated alkanes) is 11. The maximum atomic E-state index is 12.6. The first-order chi connectivity index (χ1) is 21.2. The Balaban J connectivity index is 1.68. The fraction of sp³-hybridized carbons (Fsp3) is 0.559. The van der Waals surface area contributed by atoms with Crippen molar-refractivity contribution < 1.29 is 28.4 Å². The van der Waals surface area contributed by atoms with E-state index in [1.165, 1.54) is 51.4 Å². The van der Waals surface area contributed by atoms with Crippen LogP contribution in [0.1, 0.15) is 108 Å². The maximum Gasteiger partial charge on any atom is 0.469 e. The molecule has 0 saturated heterocycles. The van der Waals surface area contributed by atoms with E-state index in [0.29, 0.717) is 34.2 Å². The minimum atomic E-state index is -4.67. The van der Waals surface area contributed by atoms with E-state index < -0.39 is 13.9 Å². The van der Waals surface area contributed by atoms with Crippen LogP contribution in [0.25, 0.3) is 0 Å². The highest BCUT2D eigenvalue weighted by Gasteiger charge is 2.20. The third-order valence-electron chi connectivity index (χ3n) is 7.32. The average Bonchev–Trinajstić information content (AvgIpc) is 2.98. The molecule has 7 nitrogen and oxygen atoms in total. The normalized spacial score (nSPS) is 12.5.